The number of carbonyl (C=O) groups is 3. The van der Waals surface area contributed by atoms with E-state index in [2.05, 4.69) is 10.2 Å². The second-order valence-electron chi connectivity index (χ2n) is 11.0. The second-order valence-corrected chi connectivity index (χ2v) is 11.0. The number of aromatic nitrogens is 2. The molecular formula is C27H38N6O5. The van der Waals surface area contributed by atoms with Crippen LogP contribution in [0.25, 0.3) is 11.0 Å². The van der Waals surface area contributed by atoms with Crippen molar-refractivity contribution in [2.24, 2.45) is 5.73 Å². The molecule has 38 heavy (non-hydrogen) atoms. The summed E-state index contributed by atoms with van der Waals surface area (Å²) in [6.45, 7) is 5.48. The van der Waals surface area contributed by atoms with Gasteiger partial charge in [-0.3, -0.25) is 19.2 Å². The van der Waals surface area contributed by atoms with Crippen molar-refractivity contribution in [2.75, 3.05) is 19.7 Å². The average Bonchev–Trinajstić information content (AvgIpc) is 3.54. The molecule has 1 aromatic carbocycles. The Morgan fingerprint density at radius 2 is 1.76 bits per heavy atom. The fourth-order valence-corrected chi connectivity index (χ4v) is 6.63. The highest BCUT2D eigenvalue weighted by Gasteiger charge is 2.41. The first-order chi connectivity index (χ1) is 18.3. The summed E-state index contributed by atoms with van der Waals surface area (Å²) < 4.78 is 8.36. The molecule has 0 aliphatic carbocycles. The Morgan fingerprint density at radius 3 is 2.42 bits per heavy atom. The van der Waals surface area contributed by atoms with Gasteiger partial charge in [-0.05, 0) is 70.9 Å². The molecule has 4 atom stereocenters. The molecule has 1 aromatic heterocycles. The number of rotatable bonds is 7. The first-order valence-corrected chi connectivity index (χ1v) is 13.8. The number of nitrogens with two attached hydrogens (primary N) is 1. The molecule has 5 rings (SSSR count). The van der Waals surface area contributed by atoms with E-state index >= 15 is 0 Å². The largest absolute Gasteiger partial charge is 0.449 e. The monoisotopic (exact) mass is 526 g/mol. The van der Waals surface area contributed by atoms with Crippen LogP contribution < -0.4 is 16.7 Å². The Bertz CT molecular complexity index is 1250. The van der Waals surface area contributed by atoms with Gasteiger partial charge in [-0.2, -0.15) is 0 Å². The van der Waals surface area contributed by atoms with Crippen LogP contribution in [0.15, 0.2) is 29.1 Å². The van der Waals surface area contributed by atoms with E-state index in [1.54, 1.807) is 4.57 Å². The van der Waals surface area contributed by atoms with Crippen LogP contribution in [-0.4, -0.2) is 80.8 Å². The number of hydrogen-bond acceptors (Lipinski definition) is 6. The molecule has 2 bridgehead atoms. The van der Waals surface area contributed by atoms with Crippen LogP contribution >= 0.6 is 0 Å². The van der Waals surface area contributed by atoms with Gasteiger partial charge in [-0.1, -0.05) is 12.1 Å². The number of ether oxygens (including phenoxy) is 1. The molecule has 0 unspecified atom stereocenters. The van der Waals surface area contributed by atoms with Crippen molar-refractivity contribution in [3.8, 4) is 0 Å². The number of benzene rings is 1. The topological polar surface area (TPSA) is 132 Å². The van der Waals surface area contributed by atoms with E-state index in [1.807, 2.05) is 38.1 Å². The van der Waals surface area contributed by atoms with Crippen LogP contribution in [0, 0.1) is 0 Å². The van der Waals surface area contributed by atoms with E-state index in [0.29, 0.717) is 43.6 Å². The van der Waals surface area contributed by atoms with E-state index in [0.717, 1.165) is 44.2 Å². The molecule has 11 heteroatoms. The van der Waals surface area contributed by atoms with Gasteiger partial charge in [-0.25, -0.2) is 19.0 Å². The molecule has 3 N–H and O–H groups in total. The number of carbonyl (C=O) groups excluding carboxylic acids is 3. The molecular weight excluding hydrogens is 488 g/mol. The lowest BCUT2D eigenvalue weighted by atomic mass is 9.97. The lowest BCUT2D eigenvalue weighted by Crippen LogP contribution is -2.52. The molecule has 3 aliphatic rings. The summed E-state index contributed by atoms with van der Waals surface area (Å²) in [5.41, 5.74) is 6.46. The zero-order valence-electron chi connectivity index (χ0n) is 22.2. The van der Waals surface area contributed by atoms with Crippen LogP contribution in [0.2, 0.25) is 0 Å². The van der Waals surface area contributed by atoms with E-state index in [-0.39, 0.29) is 23.8 Å². The number of amides is 3. The van der Waals surface area contributed by atoms with Gasteiger partial charge in [0.2, 0.25) is 5.91 Å². The normalized spacial score (nSPS) is 25.3. The summed E-state index contributed by atoms with van der Waals surface area (Å²) in [5, 5.41) is 3.14. The molecule has 0 spiro atoms. The summed E-state index contributed by atoms with van der Waals surface area (Å²) in [6, 6.07) is 7.11. The van der Waals surface area contributed by atoms with Crippen molar-refractivity contribution in [3.63, 3.8) is 0 Å². The summed E-state index contributed by atoms with van der Waals surface area (Å²) >= 11 is 0. The molecule has 2 aromatic rings. The number of para-hydroxylation sites is 2. The van der Waals surface area contributed by atoms with Gasteiger partial charge in [0.25, 0.3) is 0 Å². The maximum absolute atomic E-state index is 13.3. The third-order valence-corrected chi connectivity index (χ3v) is 8.31. The Kier molecular flexibility index (Phi) is 7.47. The molecule has 11 nitrogen and oxygen atoms in total. The van der Waals surface area contributed by atoms with Crippen molar-refractivity contribution in [1.29, 1.82) is 0 Å². The van der Waals surface area contributed by atoms with E-state index in [9.17, 15) is 19.2 Å². The number of nitrogens with zero attached hydrogens (tertiary/aromatic N) is 4. The number of piperidine rings is 1. The number of likely N-dealkylation sites (tertiary alicyclic amines) is 1. The van der Waals surface area contributed by atoms with E-state index in [1.165, 1.54) is 9.47 Å². The van der Waals surface area contributed by atoms with Crippen molar-refractivity contribution >= 4 is 29.1 Å². The van der Waals surface area contributed by atoms with Gasteiger partial charge in [0.15, 0.2) is 0 Å². The van der Waals surface area contributed by atoms with Crippen LogP contribution in [0.3, 0.4) is 0 Å². The van der Waals surface area contributed by atoms with Gasteiger partial charge in [0, 0.05) is 37.3 Å². The predicted molar refractivity (Wildman–Crippen MR) is 142 cm³/mol. The third-order valence-electron chi connectivity index (χ3n) is 8.31. The second kappa shape index (κ2) is 10.8. The summed E-state index contributed by atoms with van der Waals surface area (Å²) in [7, 11) is 0. The molecule has 3 fully saturated rings. The number of primary amides is 1. The fourth-order valence-electron chi connectivity index (χ4n) is 6.63. The average molecular weight is 527 g/mol. The van der Waals surface area contributed by atoms with E-state index < -0.39 is 18.0 Å². The smallest absolute Gasteiger partial charge is 0.410 e. The minimum absolute atomic E-state index is 0.00281. The van der Waals surface area contributed by atoms with Crippen molar-refractivity contribution in [1.82, 2.24) is 24.3 Å². The van der Waals surface area contributed by atoms with Crippen LogP contribution in [0.4, 0.5) is 9.59 Å². The molecule has 4 heterocycles. The lowest BCUT2D eigenvalue weighted by Gasteiger charge is -2.39. The first-order valence-electron chi connectivity index (χ1n) is 13.8. The molecule has 3 aliphatic heterocycles. The molecule has 3 amide bonds. The minimum atomic E-state index is -0.564. The maximum Gasteiger partial charge on any atom is 0.410 e. The van der Waals surface area contributed by atoms with Crippen LogP contribution in [-0.2, 0) is 9.53 Å². The highest BCUT2D eigenvalue weighted by Crippen LogP contribution is 2.36. The van der Waals surface area contributed by atoms with Gasteiger partial charge in [-0.15, -0.1) is 0 Å². The Labute approximate surface area is 221 Å². The van der Waals surface area contributed by atoms with Gasteiger partial charge in [0.05, 0.1) is 17.6 Å². The summed E-state index contributed by atoms with van der Waals surface area (Å²) in [4.78, 5) is 54.2. The summed E-state index contributed by atoms with van der Waals surface area (Å²) in [5.74, 6) is -0.485. The zero-order valence-corrected chi connectivity index (χ0v) is 22.2. The van der Waals surface area contributed by atoms with Crippen molar-refractivity contribution < 1.29 is 19.1 Å². The summed E-state index contributed by atoms with van der Waals surface area (Å²) in [6.07, 6.45) is 5.37. The molecule has 0 radical (unpaired) electrons. The number of hydrogen-bond donors (Lipinski definition) is 2. The Hall–Kier alpha value is -3.34. The molecule has 206 valence electrons. The standard InChI is InChI=1S/C27H38N6O5/c1-17(2)32-21-7-3-4-8-22(21)33(26(32)36)25(35)29-18-15-19-10-11-20(16-18)30(19)13-6-14-38-27(37)31-12-5-9-23(31)24(28)34/h3-4,7-8,17-20,23H,5-6,9-16H2,1-2H3,(H2,28,34)(H,29,35)/t18-,19-,20+,23-/m1/s1. The number of imidazole rings is 1. The van der Waals surface area contributed by atoms with E-state index in [4.69, 9.17) is 10.5 Å². The lowest BCUT2D eigenvalue weighted by molar-refractivity contribution is -0.121. The Morgan fingerprint density at radius 1 is 1.08 bits per heavy atom. The molecule has 3 saturated heterocycles. The molecule has 0 saturated carbocycles. The van der Waals surface area contributed by atoms with Crippen molar-refractivity contribution in [3.05, 3.63) is 34.7 Å². The highest BCUT2D eigenvalue weighted by atomic mass is 16.6. The fraction of sp³-hybridized carbons (Fsp3) is 0.630. The maximum atomic E-state index is 13.3. The van der Waals surface area contributed by atoms with Crippen molar-refractivity contribution in [2.45, 2.75) is 89.0 Å². The zero-order chi connectivity index (χ0) is 27.0. The van der Waals surface area contributed by atoms with Gasteiger partial charge in [0.1, 0.15) is 6.04 Å². The highest BCUT2D eigenvalue weighted by molar-refractivity contribution is 5.89. The first kappa shape index (κ1) is 26.3. The van der Waals surface area contributed by atoms with Crippen LogP contribution in [0.1, 0.15) is 64.8 Å². The third kappa shape index (κ3) is 4.91. The number of nitrogens with one attached hydrogen (secondary N) is 1. The number of fused-ring (bicyclic) bond motifs is 3. The quantitative estimate of drug-likeness (QED) is 0.533. The minimum Gasteiger partial charge on any atom is -0.449 e. The Balaban J connectivity index is 1.14. The predicted octanol–water partition coefficient (Wildman–Crippen LogP) is 2.41. The SMILES string of the molecule is CC(C)n1c(=O)n(C(=O)N[C@@H]2C[C@H]3CC[C@@H](C2)N3CCCOC(=O)N2CCC[C@@H]2C(N)=O)c2ccccc21. The van der Waals surface area contributed by atoms with Crippen LogP contribution in [0.5, 0.6) is 0 Å². The van der Waals surface area contributed by atoms with Gasteiger partial charge >= 0.3 is 17.8 Å². The van der Waals surface area contributed by atoms with Gasteiger partial charge < -0.3 is 15.8 Å².